The van der Waals surface area contributed by atoms with Crippen molar-refractivity contribution in [1.29, 1.82) is 0 Å². The highest BCUT2D eigenvalue weighted by Crippen LogP contribution is 2.41. The second-order valence-corrected chi connectivity index (χ2v) is 5.59. The molecule has 2 aromatic carbocycles. The molecule has 0 bridgehead atoms. The number of halogens is 1. The Hall–Kier alpha value is -3.29. The van der Waals surface area contributed by atoms with Crippen molar-refractivity contribution in [2.24, 2.45) is 0 Å². The van der Waals surface area contributed by atoms with Crippen molar-refractivity contribution in [2.75, 3.05) is 27.9 Å². The molecule has 3 rings (SSSR count). The Morgan fingerprint density at radius 1 is 1.04 bits per heavy atom. The van der Waals surface area contributed by atoms with Gasteiger partial charge >= 0.3 is 0 Å². The summed E-state index contributed by atoms with van der Waals surface area (Å²) in [7, 11) is 4.44. The summed E-state index contributed by atoms with van der Waals surface area (Å²) < 4.78 is 35.8. The van der Waals surface area contributed by atoms with E-state index in [0.717, 1.165) is 0 Å². The molecule has 0 spiro atoms. The third-order valence-electron chi connectivity index (χ3n) is 4.04. The Kier molecular flexibility index (Phi) is 5.44. The summed E-state index contributed by atoms with van der Waals surface area (Å²) in [4.78, 5) is 17.1. The predicted molar refractivity (Wildman–Crippen MR) is 97.6 cm³/mol. The maximum atomic E-state index is 12.9. The average Bonchev–Trinajstić information content (AvgIpc) is 2.69. The molecule has 0 unspecified atom stereocenters. The van der Waals surface area contributed by atoms with E-state index in [1.807, 2.05) is 0 Å². The minimum absolute atomic E-state index is 0.225. The van der Waals surface area contributed by atoms with Gasteiger partial charge in [0.2, 0.25) is 5.75 Å². The first-order chi connectivity index (χ1) is 13.1. The summed E-state index contributed by atoms with van der Waals surface area (Å²) in [5.74, 6) is 1.26. The zero-order valence-corrected chi connectivity index (χ0v) is 15.2. The van der Waals surface area contributed by atoms with E-state index < -0.39 is 0 Å². The van der Waals surface area contributed by atoms with E-state index in [9.17, 15) is 9.18 Å². The Bertz CT molecular complexity index is 1000. The third-order valence-corrected chi connectivity index (χ3v) is 4.04. The molecule has 0 radical (unpaired) electrons. The van der Waals surface area contributed by atoms with Crippen LogP contribution < -0.4 is 24.5 Å². The molecule has 1 heterocycles. The van der Waals surface area contributed by atoms with Crippen LogP contribution in [-0.2, 0) is 6.54 Å². The predicted octanol–water partition coefficient (Wildman–Crippen LogP) is 2.64. The first kappa shape index (κ1) is 18.5. The highest BCUT2D eigenvalue weighted by atomic mass is 19.1. The van der Waals surface area contributed by atoms with Gasteiger partial charge in [0.05, 0.1) is 39.6 Å². The molecule has 0 fully saturated rings. The molecule has 0 saturated heterocycles. The summed E-state index contributed by atoms with van der Waals surface area (Å²) in [6.07, 6.45) is 1.42. The SMILES string of the molecule is COc1cc2c(=O)n(CCOc3ccc(F)cc3)cnc2c(OC)c1OC. The fourth-order valence-electron chi connectivity index (χ4n) is 2.72. The number of hydrogen-bond donors (Lipinski definition) is 0. The molecule has 27 heavy (non-hydrogen) atoms. The lowest BCUT2D eigenvalue weighted by atomic mass is 10.2. The summed E-state index contributed by atoms with van der Waals surface area (Å²) in [6, 6.07) is 7.25. The fraction of sp³-hybridized carbons (Fsp3) is 0.263. The normalized spacial score (nSPS) is 10.7. The number of nitrogens with zero attached hydrogens (tertiary/aromatic N) is 2. The Morgan fingerprint density at radius 2 is 1.74 bits per heavy atom. The van der Waals surface area contributed by atoms with Gasteiger partial charge in [0.1, 0.15) is 23.7 Å². The fourth-order valence-corrected chi connectivity index (χ4v) is 2.72. The highest BCUT2D eigenvalue weighted by Gasteiger charge is 2.19. The lowest BCUT2D eigenvalue weighted by Crippen LogP contribution is -2.23. The molecular weight excluding hydrogens is 355 g/mol. The molecule has 1 aromatic heterocycles. The highest BCUT2D eigenvalue weighted by molar-refractivity contribution is 5.89. The molecule has 7 nitrogen and oxygen atoms in total. The van der Waals surface area contributed by atoms with Crippen LogP contribution in [-0.4, -0.2) is 37.5 Å². The summed E-state index contributed by atoms with van der Waals surface area (Å²) in [6.45, 7) is 0.499. The van der Waals surface area contributed by atoms with Gasteiger partial charge in [-0.05, 0) is 30.3 Å². The maximum absolute atomic E-state index is 12.9. The quantitative estimate of drug-likeness (QED) is 0.633. The third kappa shape index (κ3) is 3.64. The summed E-state index contributed by atoms with van der Waals surface area (Å²) in [5, 5.41) is 0.341. The lowest BCUT2D eigenvalue weighted by molar-refractivity contribution is 0.295. The number of rotatable bonds is 7. The van der Waals surface area contributed by atoms with Gasteiger partial charge in [0.15, 0.2) is 11.5 Å². The topological polar surface area (TPSA) is 71.8 Å². The van der Waals surface area contributed by atoms with Crippen molar-refractivity contribution in [2.45, 2.75) is 6.54 Å². The Balaban J connectivity index is 1.90. The van der Waals surface area contributed by atoms with Gasteiger partial charge in [-0.1, -0.05) is 0 Å². The monoisotopic (exact) mass is 374 g/mol. The van der Waals surface area contributed by atoms with Gasteiger partial charge in [-0.2, -0.15) is 0 Å². The first-order valence-electron chi connectivity index (χ1n) is 8.15. The Labute approximate surface area is 154 Å². The molecule has 0 saturated carbocycles. The number of aromatic nitrogens is 2. The molecule has 0 atom stereocenters. The maximum Gasteiger partial charge on any atom is 0.261 e. The average molecular weight is 374 g/mol. The minimum Gasteiger partial charge on any atom is -0.493 e. The van der Waals surface area contributed by atoms with Crippen LogP contribution in [0.3, 0.4) is 0 Å². The van der Waals surface area contributed by atoms with Crippen LogP contribution >= 0.6 is 0 Å². The van der Waals surface area contributed by atoms with Gasteiger partial charge in [-0.25, -0.2) is 9.37 Å². The number of benzene rings is 2. The van der Waals surface area contributed by atoms with Crippen LogP contribution in [0.4, 0.5) is 4.39 Å². The molecule has 0 aliphatic heterocycles. The van der Waals surface area contributed by atoms with E-state index in [-0.39, 0.29) is 24.5 Å². The molecular formula is C19H19FN2O5. The van der Waals surface area contributed by atoms with Gasteiger partial charge in [0.25, 0.3) is 5.56 Å². The second kappa shape index (κ2) is 7.94. The van der Waals surface area contributed by atoms with E-state index >= 15 is 0 Å². The van der Waals surface area contributed by atoms with Gasteiger partial charge in [0, 0.05) is 0 Å². The van der Waals surface area contributed by atoms with Gasteiger partial charge < -0.3 is 18.9 Å². The van der Waals surface area contributed by atoms with E-state index in [2.05, 4.69) is 4.98 Å². The smallest absolute Gasteiger partial charge is 0.261 e. The van der Waals surface area contributed by atoms with Crippen molar-refractivity contribution < 1.29 is 23.3 Å². The summed E-state index contributed by atoms with van der Waals surface area (Å²) >= 11 is 0. The van der Waals surface area contributed by atoms with Crippen molar-refractivity contribution in [3.05, 3.63) is 52.8 Å². The molecule has 142 valence electrons. The molecule has 3 aromatic rings. The molecule has 0 aliphatic carbocycles. The number of hydrogen-bond acceptors (Lipinski definition) is 6. The van der Waals surface area contributed by atoms with Crippen LogP contribution in [0.25, 0.3) is 10.9 Å². The first-order valence-corrected chi connectivity index (χ1v) is 8.15. The van der Waals surface area contributed by atoms with E-state index in [1.54, 1.807) is 6.07 Å². The van der Waals surface area contributed by atoms with Crippen molar-refractivity contribution in [3.63, 3.8) is 0 Å². The van der Waals surface area contributed by atoms with Crippen molar-refractivity contribution in [3.8, 4) is 23.0 Å². The van der Waals surface area contributed by atoms with Crippen LogP contribution in [0.2, 0.25) is 0 Å². The van der Waals surface area contributed by atoms with E-state index in [4.69, 9.17) is 18.9 Å². The van der Waals surface area contributed by atoms with Crippen LogP contribution in [0.15, 0.2) is 41.5 Å². The van der Waals surface area contributed by atoms with Crippen molar-refractivity contribution >= 4 is 10.9 Å². The molecule has 0 N–H and O–H groups in total. The summed E-state index contributed by atoms with van der Waals surface area (Å²) in [5.41, 5.74) is 0.123. The number of methoxy groups -OCH3 is 3. The van der Waals surface area contributed by atoms with Gasteiger partial charge in [-0.15, -0.1) is 0 Å². The van der Waals surface area contributed by atoms with Gasteiger partial charge in [-0.3, -0.25) is 9.36 Å². The van der Waals surface area contributed by atoms with E-state index in [0.29, 0.717) is 33.9 Å². The lowest BCUT2D eigenvalue weighted by Gasteiger charge is -2.15. The van der Waals surface area contributed by atoms with Crippen LogP contribution in [0, 0.1) is 5.82 Å². The van der Waals surface area contributed by atoms with E-state index in [1.165, 1.54) is 56.5 Å². The van der Waals surface area contributed by atoms with Crippen molar-refractivity contribution in [1.82, 2.24) is 9.55 Å². The van der Waals surface area contributed by atoms with Crippen LogP contribution in [0.5, 0.6) is 23.0 Å². The Morgan fingerprint density at radius 3 is 2.37 bits per heavy atom. The zero-order valence-electron chi connectivity index (χ0n) is 15.2. The number of ether oxygens (including phenoxy) is 4. The number of fused-ring (bicyclic) bond motifs is 1. The molecule has 0 amide bonds. The largest absolute Gasteiger partial charge is 0.493 e. The molecule has 0 aliphatic rings. The second-order valence-electron chi connectivity index (χ2n) is 5.59. The standard InChI is InChI=1S/C19H19FN2O5/c1-24-15-10-14-16(18(26-3)17(15)25-2)21-11-22(19(14)23)8-9-27-13-6-4-12(20)5-7-13/h4-7,10-11H,8-9H2,1-3H3. The molecule has 8 heteroatoms. The van der Waals surface area contributed by atoms with Crippen LogP contribution in [0.1, 0.15) is 0 Å². The zero-order chi connectivity index (χ0) is 19.4. The minimum atomic E-state index is -0.337.